The van der Waals surface area contributed by atoms with Gasteiger partial charge in [0.2, 0.25) is 5.89 Å². The van der Waals surface area contributed by atoms with Crippen LogP contribution in [-0.2, 0) is 12.8 Å². The highest BCUT2D eigenvalue weighted by molar-refractivity contribution is 4.92. The second-order valence-electron chi connectivity index (χ2n) is 5.15. The molecule has 17 heavy (non-hydrogen) atoms. The van der Waals surface area contributed by atoms with Gasteiger partial charge in [0.1, 0.15) is 0 Å². The van der Waals surface area contributed by atoms with Gasteiger partial charge in [0.05, 0.1) is 0 Å². The van der Waals surface area contributed by atoms with Crippen LogP contribution in [0.4, 0.5) is 0 Å². The van der Waals surface area contributed by atoms with E-state index in [1.165, 1.54) is 19.3 Å². The van der Waals surface area contributed by atoms with Crippen LogP contribution in [0.5, 0.6) is 0 Å². The van der Waals surface area contributed by atoms with Crippen molar-refractivity contribution in [1.29, 1.82) is 0 Å². The van der Waals surface area contributed by atoms with Gasteiger partial charge in [-0.25, -0.2) is 0 Å². The van der Waals surface area contributed by atoms with Crippen LogP contribution >= 0.6 is 0 Å². The van der Waals surface area contributed by atoms with Gasteiger partial charge >= 0.3 is 0 Å². The summed E-state index contributed by atoms with van der Waals surface area (Å²) in [5, 5.41) is 7.49. The van der Waals surface area contributed by atoms with E-state index < -0.39 is 0 Å². The molecule has 0 spiro atoms. The summed E-state index contributed by atoms with van der Waals surface area (Å²) in [7, 11) is 0. The van der Waals surface area contributed by atoms with Crippen molar-refractivity contribution in [3.63, 3.8) is 0 Å². The van der Waals surface area contributed by atoms with E-state index in [2.05, 4.69) is 29.3 Å². The molecule has 1 heterocycles. The van der Waals surface area contributed by atoms with Crippen molar-refractivity contribution in [3.8, 4) is 0 Å². The standard InChI is InChI=1S/C13H23N3O/c1-3-8-14-10(2)4-7-13-15-12(16-17-13)9-11-5-6-11/h10-11,14H,3-9H2,1-2H3. The van der Waals surface area contributed by atoms with E-state index >= 15 is 0 Å². The fourth-order valence-electron chi connectivity index (χ4n) is 1.89. The van der Waals surface area contributed by atoms with Gasteiger partial charge in [-0.3, -0.25) is 0 Å². The summed E-state index contributed by atoms with van der Waals surface area (Å²) in [5.41, 5.74) is 0. The van der Waals surface area contributed by atoms with Crippen LogP contribution in [0.25, 0.3) is 0 Å². The average molecular weight is 237 g/mol. The van der Waals surface area contributed by atoms with Crippen LogP contribution in [-0.4, -0.2) is 22.7 Å². The van der Waals surface area contributed by atoms with E-state index in [4.69, 9.17) is 4.52 Å². The molecule has 2 rings (SSSR count). The smallest absolute Gasteiger partial charge is 0.226 e. The zero-order valence-corrected chi connectivity index (χ0v) is 10.9. The lowest BCUT2D eigenvalue weighted by Crippen LogP contribution is -2.27. The topological polar surface area (TPSA) is 51.0 Å². The van der Waals surface area contributed by atoms with Crippen LogP contribution in [0.15, 0.2) is 4.52 Å². The molecular weight excluding hydrogens is 214 g/mol. The maximum atomic E-state index is 5.26. The van der Waals surface area contributed by atoms with Crippen LogP contribution in [0.3, 0.4) is 0 Å². The minimum atomic E-state index is 0.522. The Balaban J connectivity index is 1.68. The highest BCUT2D eigenvalue weighted by Gasteiger charge is 2.23. The van der Waals surface area contributed by atoms with Crippen molar-refractivity contribution in [2.24, 2.45) is 5.92 Å². The minimum absolute atomic E-state index is 0.522. The molecule has 0 saturated heterocycles. The lowest BCUT2D eigenvalue weighted by atomic mass is 10.2. The zero-order valence-electron chi connectivity index (χ0n) is 10.9. The molecule has 1 unspecified atom stereocenters. The number of nitrogens with zero attached hydrogens (tertiary/aromatic N) is 2. The largest absolute Gasteiger partial charge is 0.339 e. The molecular formula is C13H23N3O. The number of hydrogen-bond acceptors (Lipinski definition) is 4. The molecule has 1 aliphatic carbocycles. The van der Waals surface area contributed by atoms with Crippen LogP contribution < -0.4 is 5.32 Å². The first kappa shape index (κ1) is 12.6. The Morgan fingerprint density at radius 3 is 3.00 bits per heavy atom. The second kappa shape index (κ2) is 6.15. The molecule has 96 valence electrons. The summed E-state index contributed by atoms with van der Waals surface area (Å²) >= 11 is 0. The number of hydrogen-bond donors (Lipinski definition) is 1. The van der Waals surface area contributed by atoms with Gasteiger partial charge in [0, 0.05) is 18.9 Å². The van der Waals surface area contributed by atoms with E-state index in [1.807, 2.05) is 0 Å². The first-order valence-electron chi connectivity index (χ1n) is 6.82. The zero-order chi connectivity index (χ0) is 12.1. The Kier molecular flexibility index (Phi) is 4.54. The highest BCUT2D eigenvalue weighted by atomic mass is 16.5. The van der Waals surface area contributed by atoms with E-state index in [9.17, 15) is 0 Å². The van der Waals surface area contributed by atoms with Crippen molar-refractivity contribution in [3.05, 3.63) is 11.7 Å². The summed E-state index contributed by atoms with van der Waals surface area (Å²) in [4.78, 5) is 4.44. The predicted molar refractivity (Wildman–Crippen MR) is 66.8 cm³/mol. The number of aromatic nitrogens is 2. The van der Waals surface area contributed by atoms with E-state index in [0.717, 1.165) is 43.4 Å². The summed E-state index contributed by atoms with van der Waals surface area (Å²) in [5.74, 6) is 2.52. The van der Waals surface area contributed by atoms with E-state index in [0.29, 0.717) is 6.04 Å². The lowest BCUT2D eigenvalue weighted by molar-refractivity contribution is 0.362. The van der Waals surface area contributed by atoms with Crippen molar-refractivity contribution >= 4 is 0 Å². The fourth-order valence-corrected chi connectivity index (χ4v) is 1.89. The molecule has 4 nitrogen and oxygen atoms in total. The molecule has 1 aromatic rings. The normalized spacial score (nSPS) is 17.3. The molecule has 0 aromatic carbocycles. The van der Waals surface area contributed by atoms with Gasteiger partial charge in [-0.05, 0) is 45.1 Å². The number of aryl methyl sites for hydroxylation is 1. The Hall–Kier alpha value is -0.900. The molecule has 0 amide bonds. The van der Waals surface area contributed by atoms with Gasteiger partial charge in [0.25, 0.3) is 0 Å². The third-order valence-electron chi connectivity index (χ3n) is 3.21. The van der Waals surface area contributed by atoms with Crippen LogP contribution in [0.1, 0.15) is 51.2 Å². The average Bonchev–Trinajstić information content (AvgIpc) is 3.02. The molecule has 1 aromatic heterocycles. The molecule has 1 N–H and O–H groups in total. The Labute approximate surface area is 103 Å². The van der Waals surface area contributed by atoms with Gasteiger partial charge in [-0.15, -0.1) is 0 Å². The second-order valence-corrected chi connectivity index (χ2v) is 5.15. The Morgan fingerprint density at radius 2 is 2.29 bits per heavy atom. The van der Waals surface area contributed by atoms with E-state index in [1.54, 1.807) is 0 Å². The van der Waals surface area contributed by atoms with Crippen LogP contribution in [0.2, 0.25) is 0 Å². The quantitative estimate of drug-likeness (QED) is 0.754. The predicted octanol–water partition coefficient (Wildman–Crippen LogP) is 2.34. The van der Waals surface area contributed by atoms with Crippen LogP contribution in [0, 0.1) is 5.92 Å². The summed E-state index contributed by atoms with van der Waals surface area (Å²) < 4.78 is 5.26. The third kappa shape index (κ3) is 4.46. The molecule has 0 aliphatic heterocycles. The Bertz CT molecular complexity index is 333. The lowest BCUT2D eigenvalue weighted by Gasteiger charge is -2.10. The molecule has 1 aliphatic rings. The third-order valence-corrected chi connectivity index (χ3v) is 3.21. The molecule has 0 radical (unpaired) electrons. The fraction of sp³-hybridized carbons (Fsp3) is 0.846. The first-order chi connectivity index (χ1) is 8.28. The summed E-state index contributed by atoms with van der Waals surface area (Å²) in [6.45, 7) is 5.47. The van der Waals surface area contributed by atoms with Gasteiger partial charge in [-0.2, -0.15) is 4.98 Å². The molecule has 0 bridgehead atoms. The highest BCUT2D eigenvalue weighted by Crippen LogP contribution is 2.31. The maximum absolute atomic E-state index is 5.26. The SMILES string of the molecule is CCCNC(C)CCc1nc(CC2CC2)no1. The van der Waals surface area contributed by atoms with Crippen molar-refractivity contribution < 1.29 is 4.52 Å². The van der Waals surface area contributed by atoms with Gasteiger partial charge < -0.3 is 9.84 Å². The molecule has 1 fully saturated rings. The van der Waals surface area contributed by atoms with E-state index in [-0.39, 0.29) is 0 Å². The summed E-state index contributed by atoms with van der Waals surface area (Å²) in [6.07, 6.45) is 6.80. The van der Waals surface area contributed by atoms with Gasteiger partial charge in [0.15, 0.2) is 5.82 Å². The van der Waals surface area contributed by atoms with Crippen molar-refractivity contribution in [1.82, 2.24) is 15.5 Å². The van der Waals surface area contributed by atoms with Crippen molar-refractivity contribution in [2.75, 3.05) is 6.54 Å². The molecule has 1 saturated carbocycles. The first-order valence-corrected chi connectivity index (χ1v) is 6.82. The number of nitrogens with one attached hydrogen (secondary N) is 1. The van der Waals surface area contributed by atoms with Gasteiger partial charge in [-0.1, -0.05) is 12.1 Å². The number of rotatable bonds is 8. The minimum Gasteiger partial charge on any atom is -0.339 e. The molecule has 1 atom stereocenters. The molecule has 4 heteroatoms. The van der Waals surface area contributed by atoms with Crippen molar-refractivity contribution in [2.45, 2.75) is 58.4 Å². The summed E-state index contributed by atoms with van der Waals surface area (Å²) in [6, 6.07) is 0.522. The monoisotopic (exact) mass is 237 g/mol. The maximum Gasteiger partial charge on any atom is 0.226 e. The Morgan fingerprint density at radius 1 is 1.47 bits per heavy atom.